The number of hydrogen-bond acceptors (Lipinski definition) is 3. The zero-order valence-electron chi connectivity index (χ0n) is 11.4. The Morgan fingerprint density at radius 3 is 2.84 bits per heavy atom. The van der Waals surface area contributed by atoms with Gasteiger partial charge < -0.3 is 15.8 Å². The third-order valence-electron chi connectivity index (χ3n) is 3.61. The van der Waals surface area contributed by atoms with Crippen molar-refractivity contribution in [2.75, 3.05) is 18.9 Å². The van der Waals surface area contributed by atoms with Crippen molar-refractivity contribution < 1.29 is 9.53 Å². The van der Waals surface area contributed by atoms with Crippen LogP contribution in [0.4, 0.5) is 5.69 Å². The van der Waals surface area contributed by atoms with Crippen molar-refractivity contribution >= 4 is 11.6 Å². The van der Waals surface area contributed by atoms with Gasteiger partial charge >= 0.3 is 0 Å². The summed E-state index contributed by atoms with van der Waals surface area (Å²) < 4.78 is 5.47. The fraction of sp³-hybridized carbons (Fsp3) is 0.533. The van der Waals surface area contributed by atoms with Crippen LogP contribution in [0.3, 0.4) is 0 Å². The van der Waals surface area contributed by atoms with Crippen LogP contribution in [0.2, 0.25) is 0 Å². The second-order valence-electron chi connectivity index (χ2n) is 5.01. The molecule has 0 heterocycles. The molecule has 3 N–H and O–H groups in total. The second kappa shape index (κ2) is 6.45. The van der Waals surface area contributed by atoms with Crippen molar-refractivity contribution in [1.82, 2.24) is 5.32 Å². The van der Waals surface area contributed by atoms with Gasteiger partial charge in [-0.15, -0.1) is 0 Å². The molecule has 4 heteroatoms. The van der Waals surface area contributed by atoms with E-state index >= 15 is 0 Å². The van der Waals surface area contributed by atoms with Crippen LogP contribution in [-0.4, -0.2) is 19.1 Å². The van der Waals surface area contributed by atoms with Gasteiger partial charge in [0.1, 0.15) is 11.3 Å². The lowest BCUT2D eigenvalue weighted by molar-refractivity contribution is 0.0944. The molecule has 0 radical (unpaired) electrons. The zero-order valence-corrected chi connectivity index (χ0v) is 11.4. The maximum Gasteiger partial charge on any atom is 0.257 e. The Morgan fingerprint density at radius 1 is 1.42 bits per heavy atom. The number of hydrogen-bond donors (Lipinski definition) is 2. The molecule has 1 aromatic carbocycles. The van der Waals surface area contributed by atoms with Gasteiger partial charge in [0.15, 0.2) is 0 Å². The van der Waals surface area contributed by atoms with E-state index in [1.807, 2.05) is 6.92 Å². The zero-order chi connectivity index (χ0) is 13.7. The van der Waals surface area contributed by atoms with Gasteiger partial charge in [0.25, 0.3) is 5.91 Å². The third-order valence-corrected chi connectivity index (χ3v) is 3.61. The first-order valence-corrected chi connectivity index (χ1v) is 7.02. The molecule has 1 aromatic rings. The number of nitrogens with one attached hydrogen (secondary N) is 1. The van der Waals surface area contributed by atoms with Crippen molar-refractivity contribution in [1.29, 1.82) is 0 Å². The Hall–Kier alpha value is -1.71. The lowest BCUT2D eigenvalue weighted by atomic mass is 10.1. The summed E-state index contributed by atoms with van der Waals surface area (Å²) in [6, 6.07) is 5.31. The molecule has 0 spiro atoms. The van der Waals surface area contributed by atoms with E-state index in [0.29, 0.717) is 29.5 Å². The van der Waals surface area contributed by atoms with Crippen molar-refractivity contribution in [2.45, 2.75) is 32.6 Å². The van der Waals surface area contributed by atoms with Crippen LogP contribution >= 0.6 is 0 Å². The molecule has 1 aliphatic rings. The Labute approximate surface area is 114 Å². The number of amides is 1. The number of carbonyl (C=O) groups excluding carboxylic acids is 1. The first kappa shape index (κ1) is 13.7. The summed E-state index contributed by atoms with van der Waals surface area (Å²) in [6.07, 6.45) is 4.97. The van der Waals surface area contributed by atoms with Gasteiger partial charge in [-0.1, -0.05) is 18.9 Å². The van der Waals surface area contributed by atoms with E-state index in [2.05, 4.69) is 5.32 Å². The lowest BCUT2D eigenvalue weighted by Crippen LogP contribution is -2.29. The predicted octanol–water partition coefficient (Wildman–Crippen LogP) is 2.59. The van der Waals surface area contributed by atoms with Gasteiger partial charge in [-0.25, -0.2) is 0 Å². The molecule has 0 aromatic heterocycles. The molecule has 19 heavy (non-hydrogen) atoms. The SMILES string of the molecule is CCOc1cccc(N)c1C(=O)NCC1CCCC1. The Bertz CT molecular complexity index is 440. The summed E-state index contributed by atoms with van der Waals surface area (Å²) in [7, 11) is 0. The molecule has 1 saturated carbocycles. The van der Waals surface area contributed by atoms with E-state index in [9.17, 15) is 4.79 Å². The van der Waals surface area contributed by atoms with Crippen LogP contribution < -0.4 is 15.8 Å². The second-order valence-corrected chi connectivity index (χ2v) is 5.01. The fourth-order valence-corrected chi connectivity index (χ4v) is 2.61. The minimum absolute atomic E-state index is 0.131. The summed E-state index contributed by atoms with van der Waals surface area (Å²) in [4.78, 5) is 12.2. The highest BCUT2D eigenvalue weighted by molar-refractivity contribution is 6.01. The highest BCUT2D eigenvalue weighted by Crippen LogP contribution is 2.26. The minimum Gasteiger partial charge on any atom is -0.493 e. The Morgan fingerprint density at radius 2 is 2.16 bits per heavy atom. The van der Waals surface area contributed by atoms with Gasteiger partial charge in [-0.05, 0) is 37.8 Å². The van der Waals surface area contributed by atoms with Crippen molar-refractivity contribution in [3.05, 3.63) is 23.8 Å². The first-order valence-electron chi connectivity index (χ1n) is 7.02. The summed E-state index contributed by atoms with van der Waals surface area (Å²) in [6.45, 7) is 3.15. The van der Waals surface area contributed by atoms with Crippen LogP contribution in [0.1, 0.15) is 43.0 Å². The van der Waals surface area contributed by atoms with Gasteiger partial charge in [0.2, 0.25) is 0 Å². The molecule has 0 aliphatic heterocycles. The monoisotopic (exact) mass is 262 g/mol. The quantitative estimate of drug-likeness (QED) is 0.802. The van der Waals surface area contributed by atoms with E-state index in [1.165, 1.54) is 25.7 Å². The molecule has 1 amide bonds. The van der Waals surface area contributed by atoms with E-state index in [4.69, 9.17) is 10.5 Å². The molecule has 1 fully saturated rings. The predicted molar refractivity (Wildman–Crippen MR) is 76.3 cm³/mol. The number of nitrogen functional groups attached to an aromatic ring is 1. The average Bonchev–Trinajstić information content (AvgIpc) is 2.90. The highest BCUT2D eigenvalue weighted by Gasteiger charge is 2.19. The number of ether oxygens (including phenoxy) is 1. The minimum atomic E-state index is -0.131. The summed E-state index contributed by atoms with van der Waals surface area (Å²) in [5.74, 6) is 1.05. The van der Waals surface area contributed by atoms with Crippen molar-refractivity contribution in [3.63, 3.8) is 0 Å². The molecule has 0 saturated heterocycles. The normalized spacial score (nSPS) is 15.4. The maximum atomic E-state index is 12.2. The highest BCUT2D eigenvalue weighted by atomic mass is 16.5. The van der Waals surface area contributed by atoms with Gasteiger partial charge in [-0.2, -0.15) is 0 Å². The summed E-state index contributed by atoms with van der Waals surface area (Å²) in [5.41, 5.74) is 6.82. The number of rotatable bonds is 5. The number of benzene rings is 1. The molecule has 1 aliphatic carbocycles. The largest absolute Gasteiger partial charge is 0.493 e. The van der Waals surface area contributed by atoms with E-state index in [0.717, 1.165) is 6.54 Å². The summed E-state index contributed by atoms with van der Waals surface area (Å²) in [5, 5.41) is 2.98. The van der Waals surface area contributed by atoms with Gasteiger partial charge in [-0.3, -0.25) is 4.79 Å². The Balaban J connectivity index is 2.04. The third kappa shape index (κ3) is 3.40. The fourth-order valence-electron chi connectivity index (χ4n) is 2.61. The summed E-state index contributed by atoms with van der Waals surface area (Å²) >= 11 is 0. The van der Waals surface area contributed by atoms with Crippen LogP contribution in [0.5, 0.6) is 5.75 Å². The standard InChI is InChI=1S/C15H22N2O2/c1-2-19-13-9-5-8-12(16)14(13)15(18)17-10-11-6-3-4-7-11/h5,8-9,11H,2-4,6-7,10,16H2,1H3,(H,17,18). The van der Waals surface area contributed by atoms with Crippen LogP contribution in [0.15, 0.2) is 18.2 Å². The molecular formula is C15H22N2O2. The van der Waals surface area contributed by atoms with Gasteiger partial charge in [0.05, 0.1) is 6.61 Å². The molecule has 0 bridgehead atoms. The van der Waals surface area contributed by atoms with Crippen molar-refractivity contribution in [2.24, 2.45) is 5.92 Å². The molecule has 0 atom stereocenters. The Kier molecular flexibility index (Phi) is 4.66. The smallest absolute Gasteiger partial charge is 0.257 e. The molecule has 4 nitrogen and oxygen atoms in total. The van der Waals surface area contributed by atoms with E-state index in [-0.39, 0.29) is 5.91 Å². The number of carbonyl (C=O) groups is 1. The first-order chi connectivity index (χ1) is 9.22. The molecular weight excluding hydrogens is 240 g/mol. The lowest BCUT2D eigenvalue weighted by Gasteiger charge is -2.14. The van der Waals surface area contributed by atoms with E-state index < -0.39 is 0 Å². The maximum absolute atomic E-state index is 12.2. The number of nitrogens with two attached hydrogens (primary N) is 1. The van der Waals surface area contributed by atoms with Crippen LogP contribution in [0, 0.1) is 5.92 Å². The average molecular weight is 262 g/mol. The van der Waals surface area contributed by atoms with E-state index in [1.54, 1.807) is 18.2 Å². The molecule has 104 valence electrons. The number of anilines is 1. The van der Waals surface area contributed by atoms with Crippen LogP contribution in [-0.2, 0) is 0 Å². The topological polar surface area (TPSA) is 64.3 Å². The van der Waals surface area contributed by atoms with Crippen LogP contribution in [0.25, 0.3) is 0 Å². The van der Waals surface area contributed by atoms with Gasteiger partial charge in [0, 0.05) is 12.2 Å². The molecule has 2 rings (SSSR count). The van der Waals surface area contributed by atoms with Crippen molar-refractivity contribution in [3.8, 4) is 5.75 Å². The molecule has 0 unspecified atom stereocenters.